The van der Waals surface area contributed by atoms with Crippen LogP contribution in [0.25, 0.3) is 0 Å². The number of carbonyl (C=O) groups excluding carboxylic acids is 1. The third kappa shape index (κ3) is 3.27. The van der Waals surface area contributed by atoms with Gasteiger partial charge in [-0.3, -0.25) is 4.79 Å². The minimum absolute atomic E-state index is 0. The van der Waals surface area contributed by atoms with Crippen molar-refractivity contribution in [2.24, 2.45) is 5.41 Å². The first-order chi connectivity index (χ1) is 12.5. The molecule has 5 heteroatoms. The number of phenols is 1. The highest BCUT2D eigenvalue weighted by atomic mass is 16.5. The van der Waals surface area contributed by atoms with Gasteiger partial charge in [0.2, 0.25) is 0 Å². The van der Waals surface area contributed by atoms with Gasteiger partial charge >= 0.3 is 0 Å². The molecule has 1 aliphatic carbocycles. The van der Waals surface area contributed by atoms with Crippen LogP contribution in [-0.4, -0.2) is 48.7 Å². The van der Waals surface area contributed by atoms with Crippen LogP contribution in [0.5, 0.6) is 11.5 Å². The number of anilines is 1. The highest BCUT2D eigenvalue weighted by molar-refractivity contribution is 6.02. The van der Waals surface area contributed by atoms with E-state index in [4.69, 9.17) is 4.74 Å². The van der Waals surface area contributed by atoms with Crippen molar-refractivity contribution >= 4 is 11.6 Å². The SMILES string of the molecule is C/C=C/C.CCN1CC2CC3(CC3)CN2C(=O)c2cc(OC)c(O)cc21.[HH]. The Bertz CT molecular complexity index is 712. The van der Waals surface area contributed by atoms with E-state index in [0.29, 0.717) is 16.7 Å². The van der Waals surface area contributed by atoms with Crippen LogP contribution in [0.2, 0.25) is 0 Å². The largest absolute Gasteiger partial charge is 0.504 e. The zero-order valence-corrected chi connectivity index (χ0v) is 16.3. The summed E-state index contributed by atoms with van der Waals surface area (Å²) in [6, 6.07) is 3.65. The topological polar surface area (TPSA) is 53.0 Å². The van der Waals surface area contributed by atoms with Crippen LogP contribution < -0.4 is 9.64 Å². The average Bonchev–Trinajstić information content (AvgIpc) is 3.32. The number of phenolic OH excluding ortho intramolecular Hbond substituents is 1. The van der Waals surface area contributed by atoms with Gasteiger partial charge in [-0.25, -0.2) is 0 Å². The van der Waals surface area contributed by atoms with Gasteiger partial charge in [-0.15, -0.1) is 0 Å². The number of allylic oxidation sites excluding steroid dienone is 2. The Balaban J connectivity index is 0.000000479. The molecule has 144 valence electrons. The highest BCUT2D eigenvalue weighted by Crippen LogP contribution is 2.56. The van der Waals surface area contributed by atoms with Crippen LogP contribution in [-0.2, 0) is 0 Å². The van der Waals surface area contributed by atoms with E-state index in [-0.39, 0.29) is 19.1 Å². The molecule has 5 nitrogen and oxygen atoms in total. The van der Waals surface area contributed by atoms with Crippen molar-refractivity contribution in [3.63, 3.8) is 0 Å². The summed E-state index contributed by atoms with van der Waals surface area (Å²) in [5.41, 5.74) is 1.87. The third-order valence-electron chi connectivity index (χ3n) is 5.85. The molecule has 0 bridgehead atoms. The van der Waals surface area contributed by atoms with E-state index in [1.807, 2.05) is 26.0 Å². The standard InChI is InChI=1S/C17H22N2O3.C4H8.H2/c1-3-18-9-11-8-17(4-5-17)10-19(11)16(21)12-6-15(22-2)14(20)7-13(12)18;1-3-4-2;/h6-7,11,20H,3-5,8-10H2,1-2H3;3-4H,1-2H3;1H/b;4-3+;. The number of rotatable bonds is 2. The number of methoxy groups -OCH3 is 1. The molecule has 4 rings (SSSR count). The lowest BCUT2D eigenvalue weighted by atomic mass is 10.0. The lowest BCUT2D eigenvalue weighted by Crippen LogP contribution is -2.39. The maximum atomic E-state index is 13.0. The average molecular weight is 360 g/mol. The van der Waals surface area contributed by atoms with Gasteiger partial charge in [-0.1, -0.05) is 12.2 Å². The van der Waals surface area contributed by atoms with E-state index in [0.717, 1.165) is 31.7 Å². The summed E-state index contributed by atoms with van der Waals surface area (Å²) in [5, 5.41) is 10.1. The first kappa shape index (κ1) is 18.6. The first-order valence-corrected chi connectivity index (χ1v) is 9.52. The summed E-state index contributed by atoms with van der Waals surface area (Å²) < 4.78 is 5.19. The summed E-state index contributed by atoms with van der Waals surface area (Å²) in [4.78, 5) is 17.3. The number of hydrogen-bond acceptors (Lipinski definition) is 4. The predicted octanol–water partition coefficient (Wildman–Crippen LogP) is 4.06. The maximum absolute atomic E-state index is 13.0. The number of ether oxygens (including phenoxy) is 1. The Hall–Kier alpha value is -2.17. The van der Waals surface area contributed by atoms with Crippen molar-refractivity contribution in [3.05, 3.63) is 29.8 Å². The fourth-order valence-electron chi connectivity index (χ4n) is 4.07. The van der Waals surface area contributed by atoms with E-state index in [2.05, 4.69) is 16.7 Å². The molecule has 1 saturated heterocycles. The number of aromatic hydroxyl groups is 1. The zero-order valence-electron chi connectivity index (χ0n) is 16.3. The normalized spacial score (nSPS) is 22.6. The van der Waals surface area contributed by atoms with Gasteiger partial charge in [0.25, 0.3) is 5.91 Å². The maximum Gasteiger partial charge on any atom is 0.256 e. The molecule has 1 saturated carbocycles. The van der Waals surface area contributed by atoms with E-state index in [1.165, 1.54) is 20.0 Å². The second kappa shape index (κ2) is 7.22. The first-order valence-electron chi connectivity index (χ1n) is 9.52. The second-order valence-corrected chi connectivity index (χ2v) is 7.54. The molecular weight excluding hydrogens is 328 g/mol. The van der Waals surface area contributed by atoms with Crippen LogP contribution >= 0.6 is 0 Å². The number of nitrogens with zero attached hydrogens (tertiary/aromatic N) is 2. The van der Waals surface area contributed by atoms with Crippen molar-refractivity contribution in [3.8, 4) is 11.5 Å². The van der Waals surface area contributed by atoms with Crippen molar-refractivity contribution < 1.29 is 16.1 Å². The highest BCUT2D eigenvalue weighted by Gasteiger charge is 2.54. The lowest BCUT2D eigenvalue weighted by Gasteiger charge is -2.26. The predicted molar refractivity (Wildman–Crippen MR) is 106 cm³/mol. The fourth-order valence-corrected chi connectivity index (χ4v) is 4.07. The minimum atomic E-state index is 0. The molecule has 3 aliphatic rings. The molecular formula is C21H32N2O3. The Labute approximate surface area is 157 Å². The van der Waals surface area contributed by atoms with E-state index in [9.17, 15) is 9.90 Å². The number of benzene rings is 1. The molecule has 1 spiro atoms. The molecule has 2 heterocycles. The smallest absolute Gasteiger partial charge is 0.256 e. The van der Waals surface area contributed by atoms with Crippen molar-refractivity contribution in [2.45, 2.75) is 46.1 Å². The number of amides is 1. The molecule has 2 aliphatic heterocycles. The van der Waals surface area contributed by atoms with Gasteiger partial charge in [0.15, 0.2) is 11.5 Å². The summed E-state index contributed by atoms with van der Waals surface area (Å²) in [5.74, 6) is 0.535. The molecule has 1 atom stereocenters. The molecule has 1 amide bonds. The van der Waals surface area contributed by atoms with Crippen LogP contribution in [0, 0.1) is 5.41 Å². The molecule has 0 aromatic heterocycles. The molecule has 1 aromatic rings. The van der Waals surface area contributed by atoms with Crippen molar-refractivity contribution in [2.75, 3.05) is 31.6 Å². The zero-order chi connectivity index (χ0) is 18.9. The molecule has 26 heavy (non-hydrogen) atoms. The number of carbonyl (C=O) groups is 1. The van der Waals surface area contributed by atoms with Gasteiger partial charge in [0.05, 0.1) is 24.4 Å². The molecule has 0 radical (unpaired) electrons. The Morgan fingerprint density at radius 3 is 2.58 bits per heavy atom. The summed E-state index contributed by atoms with van der Waals surface area (Å²) >= 11 is 0. The molecule has 1 unspecified atom stereocenters. The van der Waals surface area contributed by atoms with Crippen LogP contribution in [0.4, 0.5) is 5.69 Å². The molecule has 1 N–H and O–H groups in total. The van der Waals surface area contributed by atoms with Crippen LogP contribution in [0.3, 0.4) is 0 Å². The van der Waals surface area contributed by atoms with Gasteiger partial charge in [-0.05, 0) is 51.5 Å². The van der Waals surface area contributed by atoms with Gasteiger partial charge in [0.1, 0.15) is 0 Å². The Kier molecular flexibility index (Phi) is 5.17. The Morgan fingerprint density at radius 1 is 1.35 bits per heavy atom. The number of likely N-dealkylation sites (N-methyl/N-ethyl adjacent to an activating group) is 1. The van der Waals surface area contributed by atoms with Crippen LogP contribution in [0.1, 0.15) is 51.8 Å². The lowest BCUT2D eigenvalue weighted by molar-refractivity contribution is 0.0742. The minimum Gasteiger partial charge on any atom is -0.504 e. The van der Waals surface area contributed by atoms with Crippen molar-refractivity contribution in [1.82, 2.24) is 4.90 Å². The summed E-state index contributed by atoms with van der Waals surface area (Å²) in [7, 11) is 1.51. The summed E-state index contributed by atoms with van der Waals surface area (Å²) in [6.07, 6.45) is 7.63. The van der Waals surface area contributed by atoms with E-state index < -0.39 is 0 Å². The quantitative estimate of drug-likeness (QED) is 0.808. The monoisotopic (exact) mass is 360 g/mol. The van der Waals surface area contributed by atoms with E-state index in [1.54, 1.807) is 12.1 Å². The fraction of sp³-hybridized carbons (Fsp3) is 0.571. The summed E-state index contributed by atoms with van der Waals surface area (Å²) in [6.45, 7) is 8.65. The van der Waals surface area contributed by atoms with Crippen LogP contribution in [0.15, 0.2) is 24.3 Å². The van der Waals surface area contributed by atoms with Gasteiger partial charge in [-0.2, -0.15) is 0 Å². The third-order valence-corrected chi connectivity index (χ3v) is 5.85. The van der Waals surface area contributed by atoms with Crippen molar-refractivity contribution in [1.29, 1.82) is 0 Å². The molecule has 1 aromatic carbocycles. The number of hydrogen-bond donors (Lipinski definition) is 1. The van der Waals surface area contributed by atoms with E-state index >= 15 is 0 Å². The molecule has 2 fully saturated rings. The van der Waals surface area contributed by atoms with Gasteiger partial charge < -0.3 is 19.6 Å². The second-order valence-electron chi connectivity index (χ2n) is 7.54. The number of fused-ring (bicyclic) bond motifs is 2. The Morgan fingerprint density at radius 2 is 2.04 bits per heavy atom. The van der Waals surface area contributed by atoms with Gasteiger partial charge in [0, 0.05) is 27.1 Å².